The Bertz CT molecular complexity index is 956. The zero-order chi connectivity index (χ0) is 20.3. The molecule has 1 heterocycles. The summed E-state index contributed by atoms with van der Waals surface area (Å²) in [5.74, 6) is -0.757. The average molecular weight is 445 g/mol. The number of hydrogen-bond donors (Lipinski definition) is 1. The molecule has 0 saturated carbocycles. The van der Waals surface area contributed by atoms with E-state index in [0.717, 1.165) is 4.47 Å². The Kier molecular flexibility index (Phi) is 6.59. The van der Waals surface area contributed by atoms with Gasteiger partial charge < -0.3 is 4.74 Å². The standard InChI is InChI=1S/C18H18Cl2N2O5S/c1-26-22(28(24,25)21-18(23)12-5-3-2-4-6-12)16-9-10-27-17(16)13-7-8-14(19)15(20)11-13/h2-8,11,16-17H,9-10H2,1H3,(H,21,23). The highest BCUT2D eigenvalue weighted by Gasteiger charge is 2.41. The highest BCUT2D eigenvalue weighted by molar-refractivity contribution is 7.87. The molecule has 2 atom stereocenters. The first-order valence-electron chi connectivity index (χ1n) is 8.35. The zero-order valence-electron chi connectivity index (χ0n) is 14.8. The van der Waals surface area contributed by atoms with Crippen LogP contribution < -0.4 is 4.72 Å². The first kappa shape index (κ1) is 21.0. The summed E-state index contributed by atoms with van der Waals surface area (Å²) in [5.41, 5.74) is 0.870. The van der Waals surface area contributed by atoms with Crippen molar-refractivity contribution in [2.75, 3.05) is 13.7 Å². The fourth-order valence-corrected chi connectivity index (χ4v) is 4.54. The van der Waals surface area contributed by atoms with Gasteiger partial charge in [-0.2, -0.15) is 8.42 Å². The molecule has 150 valence electrons. The minimum atomic E-state index is -4.29. The van der Waals surface area contributed by atoms with Gasteiger partial charge in [-0.05, 0) is 36.2 Å². The van der Waals surface area contributed by atoms with Crippen LogP contribution in [0.3, 0.4) is 0 Å². The zero-order valence-corrected chi connectivity index (χ0v) is 17.2. The molecule has 7 nitrogen and oxygen atoms in total. The molecule has 28 heavy (non-hydrogen) atoms. The van der Waals surface area contributed by atoms with E-state index in [1.54, 1.807) is 36.4 Å². The number of hydrogen-bond acceptors (Lipinski definition) is 5. The van der Waals surface area contributed by atoms with Gasteiger partial charge in [0.15, 0.2) is 0 Å². The van der Waals surface area contributed by atoms with E-state index in [2.05, 4.69) is 0 Å². The number of amides is 1. The quantitative estimate of drug-likeness (QED) is 0.690. The molecule has 1 amide bonds. The van der Waals surface area contributed by atoms with Crippen LogP contribution in [0, 0.1) is 0 Å². The lowest BCUT2D eigenvalue weighted by atomic mass is 10.0. The molecule has 0 bridgehead atoms. The van der Waals surface area contributed by atoms with Gasteiger partial charge in [0.25, 0.3) is 5.91 Å². The Morgan fingerprint density at radius 2 is 1.89 bits per heavy atom. The Morgan fingerprint density at radius 1 is 1.18 bits per heavy atom. The molecule has 0 aromatic heterocycles. The fraction of sp³-hybridized carbons (Fsp3) is 0.278. The normalized spacial score (nSPS) is 19.7. The summed E-state index contributed by atoms with van der Waals surface area (Å²) in [4.78, 5) is 17.4. The molecule has 0 aliphatic carbocycles. The third kappa shape index (κ3) is 4.48. The number of carbonyl (C=O) groups excluding carboxylic acids is 1. The van der Waals surface area contributed by atoms with Crippen molar-refractivity contribution in [1.29, 1.82) is 0 Å². The van der Waals surface area contributed by atoms with Crippen LogP contribution in [0.5, 0.6) is 0 Å². The van der Waals surface area contributed by atoms with Crippen molar-refractivity contribution >= 4 is 39.3 Å². The fourth-order valence-electron chi connectivity index (χ4n) is 3.02. The second kappa shape index (κ2) is 8.77. The first-order valence-corrected chi connectivity index (χ1v) is 10.6. The van der Waals surface area contributed by atoms with Crippen LogP contribution in [0.25, 0.3) is 0 Å². The maximum atomic E-state index is 12.8. The molecule has 2 aromatic rings. The molecule has 3 rings (SSSR count). The first-order chi connectivity index (χ1) is 13.3. The molecule has 10 heteroatoms. The average Bonchev–Trinajstić information content (AvgIpc) is 3.14. The van der Waals surface area contributed by atoms with Gasteiger partial charge in [0.2, 0.25) is 0 Å². The lowest BCUT2D eigenvalue weighted by Gasteiger charge is -2.29. The van der Waals surface area contributed by atoms with E-state index in [0.29, 0.717) is 28.6 Å². The van der Waals surface area contributed by atoms with Crippen LogP contribution in [0.4, 0.5) is 0 Å². The lowest BCUT2D eigenvalue weighted by Crippen LogP contribution is -2.48. The number of nitrogens with one attached hydrogen (secondary N) is 1. The second-order valence-corrected chi connectivity index (χ2v) is 8.39. The van der Waals surface area contributed by atoms with Gasteiger partial charge in [0.1, 0.15) is 6.10 Å². The topological polar surface area (TPSA) is 84.9 Å². The second-order valence-electron chi connectivity index (χ2n) is 6.06. The van der Waals surface area contributed by atoms with E-state index in [4.69, 9.17) is 32.8 Å². The number of carbonyl (C=O) groups is 1. The molecular weight excluding hydrogens is 427 g/mol. The number of hydroxylamine groups is 1. The molecule has 1 aliphatic heterocycles. The van der Waals surface area contributed by atoms with Crippen molar-refractivity contribution in [1.82, 2.24) is 9.19 Å². The summed E-state index contributed by atoms with van der Waals surface area (Å²) in [6.07, 6.45) is -0.253. The maximum Gasteiger partial charge on any atom is 0.326 e. The Morgan fingerprint density at radius 3 is 2.54 bits per heavy atom. The highest BCUT2D eigenvalue weighted by atomic mass is 35.5. The summed E-state index contributed by atoms with van der Waals surface area (Å²) in [6.45, 7) is 0.317. The van der Waals surface area contributed by atoms with Gasteiger partial charge >= 0.3 is 10.2 Å². The molecule has 2 aromatic carbocycles. The van der Waals surface area contributed by atoms with Crippen LogP contribution in [-0.4, -0.2) is 38.6 Å². The Hall–Kier alpha value is -1.68. The smallest absolute Gasteiger partial charge is 0.326 e. The molecule has 0 radical (unpaired) electrons. The summed E-state index contributed by atoms with van der Waals surface area (Å²) in [7, 11) is -3.07. The third-order valence-electron chi connectivity index (χ3n) is 4.28. The van der Waals surface area contributed by atoms with Gasteiger partial charge in [0, 0.05) is 12.2 Å². The van der Waals surface area contributed by atoms with E-state index in [9.17, 15) is 13.2 Å². The Balaban J connectivity index is 1.84. The lowest BCUT2D eigenvalue weighted by molar-refractivity contribution is -0.0984. The molecule has 1 fully saturated rings. The van der Waals surface area contributed by atoms with Gasteiger partial charge in [-0.15, -0.1) is 0 Å². The monoisotopic (exact) mass is 444 g/mol. The van der Waals surface area contributed by atoms with E-state index in [1.165, 1.54) is 19.2 Å². The minimum Gasteiger partial charge on any atom is -0.372 e. The molecular formula is C18H18Cl2N2O5S. The summed E-state index contributed by atoms with van der Waals surface area (Å²) >= 11 is 12.0. The van der Waals surface area contributed by atoms with Crippen LogP contribution >= 0.6 is 23.2 Å². The maximum absolute atomic E-state index is 12.8. The van der Waals surface area contributed by atoms with Crippen molar-refractivity contribution in [2.45, 2.75) is 18.6 Å². The number of benzene rings is 2. The SMILES string of the molecule is CON(C1CCOC1c1ccc(Cl)c(Cl)c1)S(=O)(=O)NC(=O)c1ccccc1. The van der Waals surface area contributed by atoms with Crippen LogP contribution in [0.1, 0.15) is 28.4 Å². The van der Waals surface area contributed by atoms with E-state index < -0.39 is 28.3 Å². The molecule has 1 N–H and O–H groups in total. The van der Waals surface area contributed by atoms with Crippen molar-refractivity contribution < 1.29 is 22.8 Å². The number of nitrogens with zero attached hydrogens (tertiary/aromatic N) is 1. The van der Waals surface area contributed by atoms with Crippen molar-refractivity contribution in [3.8, 4) is 0 Å². The molecule has 1 aliphatic rings. The number of rotatable bonds is 6. The van der Waals surface area contributed by atoms with E-state index in [1.807, 2.05) is 4.72 Å². The van der Waals surface area contributed by atoms with Gasteiger partial charge in [-0.25, -0.2) is 4.72 Å². The summed E-state index contributed by atoms with van der Waals surface area (Å²) in [6, 6.07) is 12.3. The van der Waals surface area contributed by atoms with Gasteiger partial charge in [0.05, 0.1) is 23.2 Å². The van der Waals surface area contributed by atoms with E-state index in [-0.39, 0.29) is 5.56 Å². The molecule has 1 saturated heterocycles. The van der Waals surface area contributed by atoms with Crippen molar-refractivity contribution in [3.63, 3.8) is 0 Å². The van der Waals surface area contributed by atoms with Gasteiger partial charge in [-0.3, -0.25) is 9.63 Å². The highest BCUT2D eigenvalue weighted by Crippen LogP contribution is 2.36. The van der Waals surface area contributed by atoms with Crippen LogP contribution in [-0.2, 0) is 19.8 Å². The van der Waals surface area contributed by atoms with E-state index >= 15 is 0 Å². The van der Waals surface area contributed by atoms with Crippen molar-refractivity contribution in [2.24, 2.45) is 0 Å². The third-order valence-corrected chi connectivity index (χ3v) is 6.35. The summed E-state index contributed by atoms with van der Waals surface area (Å²) in [5, 5.41) is 0.712. The molecule has 0 spiro atoms. The molecule has 2 unspecified atom stereocenters. The van der Waals surface area contributed by atoms with Crippen LogP contribution in [0.2, 0.25) is 10.0 Å². The van der Waals surface area contributed by atoms with Crippen LogP contribution in [0.15, 0.2) is 48.5 Å². The largest absolute Gasteiger partial charge is 0.372 e. The Labute approximate surface area is 173 Å². The van der Waals surface area contributed by atoms with Crippen molar-refractivity contribution in [3.05, 3.63) is 69.7 Å². The number of halogens is 2. The predicted molar refractivity (Wildman–Crippen MR) is 105 cm³/mol. The summed E-state index contributed by atoms with van der Waals surface area (Å²) < 4.78 is 34.1. The number of ether oxygens (including phenoxy) is 1. The predicted octanol–water partition coefficient (Wildman–Crippen LogP) is 3.36. The van der Waals surface area contributed by atoms with Gasteiger partial charge in [-0.1, -0.05) is 51.9 Å². The minimum absolute atomic E-state index is 0.214.